The molecule has 138 valence electrons. The first-order valence-corrected chi connectivity index (χ1v) is 9.54. The lowest BCUT2D eigenvalue weighted by Gasteiger charge is -2.31. The zero-order chi connectivity index (χ0) is 18.1. The summed E-state index contributed by atoms with van der Waals surface area (Å²) in [5, 5.41) is 0.427. The molecule has 1 atom stereocenters. The highest BCUT2D eigenvalue weighted by Crippen LogP contribution is 2.39. The fourth-order valence-corrected chi connectivity index (χ4v) is 4.14. The highest BCUT2D eigenvalue weighted by molar-refractivity contribution is 6.32. The molecule has 1 saturated heterocycles. The third-order valence-electron chi connectivity index (χ3n) is 5.18. The third kappa shape index (κ3) is 3.16. The summed E-state index contributed by atoms with van der Waals surface area (Å²) in [6, 6.07) is 7.67. The van der Waals surface area contributed by atoms with Crippen LogP contribution in [0.2, 0.25) is 5.02 Å². The minimum Gasteiger partial charge on any atom is -0.486 e. The number of halogens is 1. The van der Waals surface area contributed by atoms with E-state index in [9.17, 15) is 4.79 Å². The van der Waals surface area contributed by atoms with Crippen LogP contribution in [0.15, 0.2) is 30.5 Å². The minimum atomic E-state index is -0.00280. The maximum Gasteiger partial charge on any atom is 0.254 e. The van der Waals surface area contributed by atoms with Crippen molar-refractivity contribution in [3.8, 4) is 11.5 Å². The van der Waals surface area contributed by atoms with E-state index in [0.717, 1.165) is 32.2 Å². The Morgan fingerprint density at radius 1 is 1.19 bits per heavy atom. The molecule has 2 aliphatic rings. The van der Waals surface area contributed by atoms with Crippen LogP contribution in [-0.2, 0) is 7.05 Å². The summed E-state index contributed by atoms with van der Waals surface area (Å²) in [5.41, 5.74) is 1.73. The molecule has 1 amide bonds. The second-order valence-electron chi connectivity index (χ2n) is 6.89. The highest BCUT2D eigenvalue weighted by Gasteiger charge is 2.30. The van der Waals surface area contributed by atoms with Gasteiger partial charge in [-0.05, 0) is 37.1 Å². The van der Waals surface area contributed by atoms with Gasteiger partial charge in [-0.3, -0.25) is 4.79 Å². The largest absolute Gasteiger partial charge is 0.486 e. The molecule has 4 rings (SSSR count). The number of hydrogen-bond acceptors (Lipinski definition) is 3. The molecule has 2 aromatic rings. The number of amides is 1. The summed E-state index contributed by atoms with van der Waals surface area (Å²) in [4.78, 5) is 15.4. The average molecular weight is 375 g/mol. The molecule has 0 N–H and O–H groups in total. The summed E-state index contributed by atoms with van der Waals surface area (Å²) in [6.45, 7) is 1.69. The molecular formula is C20H23ClN2O3. The Balaban J connectivity index is 1.69. The number of carbonyl (C=O) groups is 1. The van der Waals surface area contributed by atoms with E-state index in [1.54, 1.807) is 12.1 Å². The van der Waals surface area contributed by atoms with Crippen LogP contribution in [0.25, 0.3) is 0 Å². The summed E-state index contributed by atoms with van der Waals surface area (Å²) in [5.74, 6) is 1.08. The predicted molar refractivity (Wildman–Crippen MR) is 100 cm³/mol. The van der Waals surface area contributed by atoms with Crippen molar-refractivity contribution in [2.45, 2.75) is 31.7 Å². The number of likely N-dealkylation sites (tertiary alicyclic amines) is 1. The van der Waals surface area contributed by atoms with Gasteiger partial charge < -0.3 is 18.9 Å². The first kappa shape index (κ1) is 17.3. The Hall–Kier alpha value is -2.14. The van der Waals surface area contributed by atoms with Crippen LogP contribution in [0.3, 0.4) is 0 Å². The lowest BCUT2D eigenvalue weighted by molar-refractivity contribution is 0.0673. The first-order chi connectivity index (χ1) is 12.6. The summed E-state index contributed by atoms with van der Waals surface area (Å²) in [6.07, 6.45) is 6.30. The van der Waals surface area contributed by atoms with Crippen LogP contribution in [0.4, 0.5) is 0 Å². The minimum absolute atomic E-state index is 0.00280. The smallest absolute Gasteiger partial charge is 0.254 e. The third-order valence-corrected chi connectivity index (χ3v) is 5.46. The Kier molecular flexibility index (Phi) is 4.81. The van der Waals surface area contributed by atoms with Gasteiger partial charge in [0.2, 0.25) is 0 Å². The van der Waals surface area contributed by atoms with Crippen molar-refractivity contribution < 1.29 is 14.3 Å². The van der Waals surface area contributed by atoms with Crippen molar-refractivity contribution in [3.63, 3.8) is 0 Å². The Morgan fingerprint density at radius 2 is 2.04 bits per heavy atom. The maximum absolute atomic E-state index is 13.4. The van der Waals surface area contributed by atoms with E-state index in [2.05, 4.69) is 10.6 Å². The van der Waals surface area contributed by atoms with Gasteiger partial charge in [0.05, 0.1) is 11.1 Å². The lowest BCUT2D eigenvalue weighted by atomic mass is 10.0. The Morgan fingerprint density at radius 3 is 2.85 bits per heavy atom. The van der Waals surface area contributed by atoms with E-state index in [0.29, 0.717) is 35.3 Å². The molecular weight excluding hydrogens is 352 g/mol. The number of benzene rings is 1. The monoisotopic (exact) mass is 374 g/mol. The molecule has 26 heavy (non-hydrogen) atoms. The molecule has 0 bridgehead atoms. The van der Waals surface area contributed by atoms with Crippen molar-refractivity contribution in [3.05, 3.63) is 46.7 Å². The van der Waals surface area contributed by atoms with Crippen LogP contribution < -0.4 is 9.47 Å². The summed E-state index contributed by atoms with van der Waals surface area (Å²) < 4.78 is 13.3. The van der Waals surface area contributed by atoms with E-state index in [-0.39, 0.29) is 11.9 Å². The number of rotatable bonds is 2. The topological polar surface area (TPSA) is 43.7 Å². The SMILES string of the molecule is Cn1cccc1[C@H]1CCCCCN1C(=O)c1cc(Cl)c2c(c1)OCCO2. The van der Waals surface area contributed by atoms with Crippen molar-refractivity contribution >= 4 is 17.5 Å². The van der Waals surface area contributed by atoms with Gasteiger partial charge in [-0.25, -0.2) is 0 Å². The fraction of sp³-hybridized carbons (Fsp3) is 0.450. The van der Waals surface area contributed by atoms with E-state index in [1.807, 2.05) is 24.2 Å². The maximum atomic E-state index is 13.4. The number of aromatic nitrogens is 1. The van der Waals surface area contributed by atoms with E-state index in [1.165, 1.54) is 5.69 Å². The first-order valence-electron chi connectivity index (χ1n) is 9.16. The summed E-state index contributed by atoms with van der Waals surface area (Å²) >= 11 is 6.34. The highest BCUT2D eigenvalue weighted by atomic mass is 35.5. The fourth-order valence-electron chi connectivity index (χ4n) is 3.88. The van der Waals surface area contributed by atoms with Gasteiger partial charge >= 0.3 is 0 Å². The number of hydrogen-bond donors (Lipinski definition) is 0. The quantitative estimate of drug-likeness (QED) is 0.791. The van der Waals surface area contributed by atoms with Gasteiger partial charge in [-0.1, -0.05) is 24.4 Å². The van der Waals surface area contributed by atoms with Gasteiger partial charge in [0.1, 0.15) is 13.2 Å². The average Bonchev–Trinajstić information content (AvgIpc) is 2.93. The number of aryl methyl sites for hydroxylation is 1. The van der Waals surface area contributed by atoms with Gasteiger partial charge in [0.25, 0.3) is 5.91 Å². The van der Waals surface area contributed by atoms with Crippen molar-refractivity contribution in [2.75, 3.05) is 19.8 Å². The zero-order valence-electron chi connectivity index (χ0n) is 14.9. The van der Waals surface area contributed by atoms with Crippen LogP contribution in [0.1, 0.15) is 47.8 Å². The van der Waals surface area contributed by atoms with Gasteiger partial charge in [-0.2, -0.15) is 0 Å². The molecule has 1 fully saturated rings. The molecule has 0 radical (unpaired) electrons. The lowest BCUT2D eigenvalue weighted by Crippen LogP contribution is -2.35. The van der Waals surface area contributed by atoms with Crippen molar-refractivity contribution in [1.82, 2.24) is 9.47 Å². The zero-order valence-corrected chi connectivity index (χ0v) is 15.7. The summed E-state index contributed by atoms with van der Waals surface area (Å²) in [7, 11) is 2.03. The van der Waals surface area contributed by atoms with Crippen molar-refractivity contribution in [1.29, 1.82) is 0 Å². The van der Waals surface area contributed by atoms with Gasteiger partial charge in [0.15, 0.2) is 11.5 Å². The number of carbonyl (C=O) groups excluding carboxylic acids is 1. The molecule has 3 heterocycles. The Bertz CT molecular complexity index is 817. The molecule has 0 unspecified atom stereocenters. The van der Waals surface area contributed by atoms with Crippen molar-refractivity contribution in [2.24, 2.45) is 7.05 Å². The van der Waals surface area contributed by atoms with Gasteiger partial charge in [0, 0.05) is 31.0 Å². The molecule has 0 saturated carbocycles. The molecule has 0 aliphatic carbocycles. The standard InChI is InChI=1S/C20H23ClN2O3/c1-22-8-5-7-16(22)17-6-3-2-4-9-23(17)20(24)14-12-15(21)19-18(13-14)25-10-11-26-19/h5,7-8,12-13,17H,2-4,6,9-11H2,1H3/t17-/m1/s1. The van der Waals surface area contributed by atoms with E-state index < -0.39 is 0 Å². The van der Waals surface area contributed by atoms with E-state index in [4.69, 9.17) is 21.1 Å². The van der Waals surface area contributed by atoms with E-state index >= 15 is 0 Å². The molecule has 1 aromatic heterocycles. The van der Waals surface area contributed by atoms with Crippen LogP contribution in [-0.4, -0.2) is 35.1 Å². The Labute approximate surface area is 158 Å². The van der Waals surface area contributed by atoms with Crippen LogP contribution in [0, 0.1) is 0 Å². The number of nitrogens with zero attached hydrogens (tertiary/aromatic N) is 2. The second kappa shape index (κ2) is 7.23. The normalized spacial score (nSPS) is 19.9. The molecule has 6 heteroatoms. The number of fused-ring (bicyclic) bond motifs is 1. The van der Waals surface area contributed by atoms with Crippen LogP contribution in [0.5, 0.6) is 11.5 Å². The predicted octanol–water partition coefficient (Wildman–Crippen LogP) is 4.21. The number of ether oxygens (including phenoxy) is 2. The molecule has 0 spiro atoms. The molecule has 2 aliphatic heterocycles. The molecule has 1 aromatic carbocycles. The van der Waals surface area contributed by atoms with Gasteiger partial charge in [-0.15, -0.1) is 0 Å². The van der Waals surface area contributed by atoms with Crippen LogP contribution >= 0.6 is 11.6 Å². The second-order valence-corrected chi connectivity index (χ2v) is 7.30. The molecule has 5 nitrogen and oxygen atoms in total.